The Kier molecular flexibility index (Phi) is 4.16. The van der Waals surface area contributed by atoms with Crippen LogP contribution in [-0.2, 0) is 0 Å². The van der Waals surface area contributed by atoms with Crippen molar-refractivity contribution in [1.82, 2.24) is 4.90 Å². The van der Waals surface area contributed by atoms with E-state index in [9.17, 15) is 0 Å². The Morgan fingerprint density at radius 1 is 1.36 bits per heavy atom. The summed E-state index contributed by atoms with van der Waals surface area (Å²) in [6.45, 7) is 12.1. The van der Waals surface area contributed by atoms with Gasteiger partial charge in [0.05, 0.1) is 8.07 Å². The van der Waals surface area contributed by atoms with E-state index in [0.29, 0.717) is 6.04 Å². The molecule has 0 aromatic rings. The van der Waals surface area contributed by atoms with E-state index >= 15 is 0 Å². The lowest BCUT2D eigenvalue weighted by Gasteiger charge is -2.39. The molecule has 0 aliphatic carbocycles. The molecule has 2 atom stereocenters. The number of hydrogen-bond acceptors (Lipinski definition) is 2. The third-order valence-corrected chi connectivity index (χ3v) is 4.50. The zero-order chi connectivity index (χ0) is 10.8. The van der Waals surface area contributed by atoms with Gasteiger partial charge in [0, 0.05) is 12.6 Å². The molecular weight excluding hydrogens is 188 g/mol. The molecule has 0 bridgehead atoms. The summed E-state index contributed by atoms with van der Waals surface area (Å²) >= 11 is 0. The van der Waals surface area contributed by atoms with Crippen LogP contribution in [0.4, 0.5) is 0 Å². The first-order valence-corrected chi connectivity index (χ1v) is 9.61. The van der Waals surface area contributed by atoms with E-state index in [1.54, 1.807) is 0 Å². The first kappa shape index (κ1) is 12.2. The standard InChI is InChI=1S/C11H26N2Si/c1-5-10-8-13(7-6-11(10)12)9-14(2,3)4/h10-11H,5-9,12H2,1-4H3. The lowest BCUT2D eigenvalue weighted by atomic mass is 9.91. The van der Waals surface area contributed by atoms with E-state index in [1.807, 2.05) is 0 Å². The smallest absolute Gasteiger partial charge is 0.0599 e. The second kappa shape index (κ2) is 4.77. The lowest BCUT2D eigenvalue weighted by Crippen LogP contribution is -2.51. The first-order chi connectivity index (χ1) is 6.42. The van der Waals surface area contributed by atoms with Crippen LogP contribution in [0.3, 0.4) is 0 Å². The van der Waals surface area contributed by atoms with Gasteiger partial charge in [0.1, 0.15) is 0 Å². The highest BCUT2D eigenvalue weighted by atomic mass is 28.3. The second-order valence-electron chi connectivity index (χ2n) is 5.92. The van der Waals surface area contributed by atoms with E-state index in [-0.39, 0.29) is 0 Å². The van der Waals surface area contributed by atoms with Crippen molar-refractivity contribution in [2.24, 2.45) is 11.7 Å². The van der Waals surface area contributed by atoms with Gasteiger partial charge in [-0.2, -0.15) is 0 Å². The molecule has 0 aromatic heterocycles. The van der Waals surface area contributed by atoms with E-state index in [0.717, 1.165) is 5.92 Å². The molecule has 1 aliphatic rings. The van der Waals surface area contributed by atoms with Crippen molar-refractivity contribution in [2.45, 2.75) is 45.4 Å². The van der Waals surface area contributed by atoms with Crippen LogP contribution in [0.25, 0.3) is 0 Å². The highest BCUT2D eigenvalue weighted by molar-refractivity contribution is 6.76. The third kappa shape index (κ3) is 3.71. The third-order valence-electron chi connectivity index (χ3n) is 3.10. The van der Waals surface area contributed by atoms with Crippen molar-refractivity contribution in [3.05, 3.63) is 0 Å². The van der Waals surface area contributed by atoms with Gasteiger partial charge >= 0.3 is 0 Å². The van der Waals surface area contributed by atoms with E-state index in [2.05, 4.69) is 31.5 Å². The molecule has 84 valence electrons. The summed E-state index contributed by atoms with van der Waals surface area (Å²) in [5, 5.41) is 0. The minimum atomic E-state index is -0.924. The predicted molar refractivity (Wildman–Crippen MR) is 66.2 cm³/mol. The molecule has 2 unspecified atom stereocenters. The average molecular weight is 214 g/mol. The molecule has 14 heavy (non-hydrogen) atoms. The summed E-state index contributed by atoms with van der Waals surface area (Å²) in [7, 11) is -0.924. The van der Waals surface area contributed by atoms with Gasteiger partial charge in [0.25, 0.3) is 0 Å². The summed E-state index contributed by atoms with van der Waals surface area (Å²) in [5.74, 6) is 0.736. The Balaban J connectivity index is 2.43. The fourth-order valence-electron chi connectivity index (χ4n) is 2.37. The van der Waals surface area contributed by atoms with E-state index in [4.69, 9.17) is 5.73 Å². The van der Waals surface area contributed by atoms with Crippen LogP contribution in [0.1, 0.15) is 19.8 Å². The number of nitrogens with zero attached hydrogens (tertiary/aromatic N) is 1. The topological polar surface area (TPSA) is 29.3 Å². The van der Waals surface area contributed by atoms with Crippen molar-refractivity contribution in [3.8, 4) is 0 Å². The molecule has 0 spiro atoms. The lowest BCUT2D eigenvalue weighted by molar-refractivity contribution is 0.171. The molecule has 1 rings (SSSR count). The SMILES string of the molecule is CCC1CN(C[Si](C)(C)C)CCC1N. The quantitative estimate of drug-likeness (QED) is 0.727. The normalized spacial score (nSPS) is 30.6. The maximum absolute atomic E-state index is 6.10. The molecular formula is C11H26N2Si. The summed E-state index contributed by atoms with van der Waals surface area (Å²) < 4.78 is 0. The van der Waals surface area contributed by atoms with Crippen LogP contribution in [0, 0.1) is 5.92 Å². The molecule has 0 radical (unpaired) electrons. The molecule has 0 amide bonds. The van der Waals surface area contributed by atoms with Gasteiger partial charge in [0.15, 0.2) is 0 Å². The number of rotatable bonds is 3. The zero-order valence-electron chi connectivity index (χ0n) is 10.2. The van der Waals surface area contributed by atoms with Crippen LogP contribution in [0.15, 0.2) is 0 Å². The average Bonchev–Trinajstić information content (AvgIpc) is 2.06. The van der Waals surface area contributed by atoms with Gasteiger partial charge in [-0.15, -0.1) is 0 Å². The van der Waals surface area contributed by atoms with Crippen LogP contribution in [-0.4, -0.2) is 38.3 Å². The molecule has 2 nitrogen and oxygen atoms in total. The highest BCUT2D eigenvalue weighted by Crippen LogP contribution is 2.19. The van der Waals surface area contributed by atoms with Crippen LogP contribution >= 0.6 is 0 Å². The largest absolute Gasteiger partial charge is 0.327 e. The Morgan fingerprint density at radius 2 is 2.00 bits per heavy atom. The van der Waals surface area contributed by atoms with Gasteiger partial charge in [-0.25, -0.2) is 0 Å². The van der Waals surface area contributed by atoms with E-state index in [1.165, 1.54) is 32.1 Å². The minimum absolute atomic E-state index is 0.456. The predicted octanol–water partition coefficient (Wildman–Crippen LogP) is 1.92. The van der Waals surface area contributed by atoms with Crippen molar-refractivity contribution >= 4 is 8.07 Å². The Morgan fingerprint density at radius 3 is 2.50 bits per heavy atom. The molecule has 0 saturated carbocycles. The Labute approximate surface area is 89.9 Å². The second-order valence-corrected chi connectivity index (χ2v) is 11.4. The minimum Gasteiger partial charge on any atom is -0.327 e. The van der Waals surface area contributed by atoms with Gasteiger partial charge in [-0.05, 0) is 25.1 Å². The first-order valence-electron chi connectivity index (χ1n) is 5.90. The summed E-state index contributed by atoms with van der Waals surface area (Å²) in [4.78, 5) is 2.64. The molecule has 2 N–H and O–H groups in total. The van der Waals surface area contributed by atoms with Gasteiger partial charge < -0.3 is 10.6 Å². The molecule has 1 fully saturated rings. The molecule has 3 heteroatoms. The van der Waals surface area contributed by atoms with Gasteiger partial charge in [-0.3, -0.25) is 0 Å². The fourth-order valence-corrected chi connectivity index (χ4v) is 4.00. The van der Waals surface area contributed by atoms with Crippen molar-refractivity contribution < 1.29 is 0 Å². The monoisotopic (exact) mass is 214 g/mol. The van der Waals surface area contributed by atoms with Gasteiger partial charge in [-0.1, -0.05) is 33.0 Å². The van der Waals surface area contributed by atoms with Crippen LogP contribution < -0.4 is 5.73 Å². The summed E-state index contributed by atoms with van der Waals surface area (Å²) in [5.41, 5.74) is 6.10. The fraction of sp³-hybridized carbons (Fsp3) is 1.00. The maximum Gasteiger partial charge on any atom is 0.0599 e. The zero-order valence-corrected chi connectivity index (χ0v) is 11.2. The number of likely N-dealkylation sites (tertiary alicyclic amines) is 1. The summed E-state index contributed by atoms with van der Waals surface area (Å²) in [6, 6.07) is 0.456. The van der Waals surface area contributed by atoms with Crippen LogP contribution in [0.5, 0.6) is 0 Å². The Bertz CT molecular complexity index is 177. The summed E-state index contributed by atoms with van der Waals surface area (Å²) in [6.07, 6.45) is 3.78. The van der Waals surface area contributed by atoms with Crippen molar-refractivity contribution in [3.63, 3.8) is 0 Å². The van der Waals surface area contributed by atoms with Gasteiger partial charge in [0.2, 0.25) is 0 Å². The number of nitrogens with two attached hydrogens (primary N) is 1. The number of hydrogen-bond donors (Lipinski definition) is 1. The van der Waals surface area contributed by atoms with E-state index < -0.39 is 8.07 Å². The number of piperidine rings is 1. The molecule has 1 aliphatic heterocycles. The molecule has 0 aromatic carbocycles. The maximum atomic E-state index is 6.10. The Hall–Kier alpha value is 0.137. The molecule has 1 saturated heterocycles. The highest BCUT2D eigenvalue weighted by Gasteiger charge is 2.27. The van der Waals surface area contributed by atoms with Crippen molar-refractivity contribution in [2.75, 3.05) is 19.3 Å². The van der Waals surface area contributed by atoms with Crippen molar-refractivity contribution in [1.29, 1.82) is 0 Å². The van der Waals surface area contributed by atoms with Crippen LogP contribution in [0.2, 0.25) is 19.6 Å². The molecule has 1 heterocycles.